The summed E-state index contributed by atoms with van der Waals surface area (Å²) in [5.74, 6) is 1.65. The van der Waals surface area contributed by atoms with Crippen LogP contribution < -0.4 is 15.7 Å². The molecule has 28 heavy (non-hydrogen) atoms. The molecule has 0 unspecified atom stereocenters. The predicted molar refractivity (Wildman–Crippen MR) is 108 cm³/mol. The van der Waals surface area contributed by atoms with Gasteiger partial charge in [-0.2, -0.15) is 0 Å². The van der Waals surface area contributed by atoms with Crippen LogP contribution in [0.15, 0.2) is 31.5 Å². The van der Waals surface area contributed by atoms with Crippen LogP contribution in [0, 0.1) is 5.92 Å². The van der Waals surface area contributed by atoms with Gasteiger partial charge in [-0.15, -0.1) is 11.8 Å². The van der Waals surface area contributed by atoms with Gasteiger partial charge in [0.2, 0.25) is 5.91 Å². The average molecular weight is 407 g/mol. The number of nitrogens with zero attached hydrogens (tertiary/aromatic N) is 2. The molecule has 1 fully saturated rings. The van der Waals surface area contributed by atoms with E-state index < -0.39 is 17.7 Å². The molecule has 1 aliphatic carbocycles. The first-order valence-corrected chi connectivity index (χ1v) is 10.5. The molecule has 0 spiro atoms. The number of carbonyl (C=O) groups is 1. The van der Waals surface area contributed by atoms with Gasteiger partial charge in [0.15, 0.2) is 0 Å². The standard InChI is InChI=1S/C19H25N3O5S/c1-3-4-14(20-18(24)15-10-28-19(21-15)11(2)22-25)16-7-13(8-17(23)27-16)26-9-12-5-6-12/h7-8,12,14-15,25H,3-6,9-10H2,1-2H3,(H,20,24)/b22-11+/t14-,15+/m1/s1. The highest BCUT2D eigenvalue weighted by molar-refractivity contribution is 8.16. The lowest BCUT2D eigenvalue weighted by atomic mass is 10.1. The monoisotopic (exact) mass is 407 g/mol. The summed E-state index contributed by atoms with van der Waals surface area (Å²) in [6.07, 6.45) is 3.73. The number of hydrogen-bond acceptors (Lipinski definition) is 8. The fourth-order valence-electron chi connectivity index (χ4n) is 2.82. The Hall–Kier alpha value is -2.29. The van der Waals surface area contributed by atoms with Crippen LogP contribution in [0.2, 0.25) is 0 Å². The molecule has 9 heteroatoms. The minimum absolute atomic E-state index is 0.251. The largest absolute Gasteiger partial charge is 0.493 e. The summed E-state index contributed by atoms with van der Waals surface area (Å²) < 4.78 is 11.1. The molecule has 0 bridgehead atoms. The highest BCUT2D eigenvalue weighted by Gasteiger charge is 2.29. The van der Waals surface area contributed by atoms with Crippen LogP contribution in [0.1, 0.15) is 51.3 Å². The third kappa shape index (κ3) is 5.37. The summed E-state index contributed by atoms with van der Waals surface area (Å²) in [4.78, 5) is 28.9. The summed E-state index contributed by atoms with van der Waals surface area (Å²) in [6.45, 7) is 4.22. The van der Waals surface area contributed by atoms with Gasteiger partial charge in [-0.05, 0) is 32.1 Å². The van der Waals surface area contributed by atoms with E-state index in [1.165, 1.54) is 17.8 Å². The SMILES string of the molecule is CCC[C@@H](NC(=O)[C@@H]1CSC(/C(C)=N/O)=N1)c1cc(OCC2CC2)cc(=O)o1. The van der Waals surface area contributed by atoms with Gasteiger partial charge in [-0.1, -0.05) is 18.5 Å². The molecule has 8 nitrogen and oxygen atoms in total. The Bertz CT molecular complexity index is 831. The van der Waals surface area contributed by atoms with Crippen molar-refractivity contribution in [3.05, 3.63) is 28.3 Å². The van der Waals surface area contributed by atoms with Crippen LogP contribution in [0.3, 0.4) is 0 Å². The number of amides is 1. The quantitative estimate of drug-likeness (QED) is 0.370. The molecule has 1 amide bonds. The lowest BCUT2D eigenvalue weighted by Crippen LogP contribution is -2.37. The van der Waals surface area contributed by atoms with Crippen molar-refractivity contribution >= 4 is 28.4 Å². The number of hydrogen-bond donors (Lipinski definition) is 2. The van der Waals surface area contributed by atoms with Crippen molar-refractivity contribution in [2.24, 2.45) is 16.1 Å². The summed E-state index contributed by atoms with van der Waals surface area (Å²) in [5, 5.41) is 15.5. The zero-order valence-electron chi connectivity index (χ0n) is 16.0. The summed E-state index contributed by atoms with van der Waals surface area (Å²) in [5.41, 5.74) is -0.109. The lowest BCUT2D eigenvalue weighted by molar-refractivity contribution is -0.122. The van der Waals surface area contributed by atoms with E-state index in [9.17, 15) is 9.59 Å². The summed E-state index contributed by atoms with van der Waals surface area (Å²) >= 11 is 1.37. The second-order valence-electron chi connectivity index (χ2n) is 7.07. The minimum atomic E-state index is -0.572. The lowest BCUT2D eigenvalue weighted by Gasteiger charge is -2.19. The Labute approximate surface area is 167 Å². The van der Waals surface area contributed by atoms with Crippen molar-refractivity contribution in [3.8, 4) is 5.75 Å². The molecule has 2 N–H and O–H groups in total. The Morgan fingerprint density at radius 3 is 2.96 bits per heavy atom. The van der Waals surface area contributed by atoms with E-state index in [1.807, 2.05) is 6.92 Å². The summed E-state index contributed by atoms with van der Waals surface area (Å²) in [6, 6.07) is 2.01. The van der Waals surface area contributed by atoms with Crippen molar-refractivity contribution in [2.45, 2.75) is 51.6 Å². The maximum absolute atomic E-state index is 12.7. The van der Waals surface area contributed by atoms with Crippen molar-refractivity contribution in [1.82, 2.24) is 5.32 Å². The average Bonchev–Trinajstić information content (AvgIpc) is 3.38. The topological polar surface area (TPSA) is 113 Å². The van der Waals surface area contributed by atoms with E-state index in [0.717, 1.165) is 19.3 Å². The van der Waals surface area contributed by atoms with Gasteiger partial charge in [0.05, 0.1) is 18.7 Å². The minimum Gasteiger partial charge on any atom is -0.493 e. The molecular weight excluding hydrogens is 382 g/mol. The second kappa shape index (κ2) is 9.27. The molecule has 0 saturated heterocycles. The molecule has 1 saturated carbocycles. The van der Waals surface area contributed by atoms with Crippen molar-refractivity contribution in [2.75, 3.05) is 12.4 Å². The molecule has 0 aromatic carbocycles. The first-order valence-electron chi connectivity index (χ1n) is 9.48. The molecule has 1 aromatic rings. The van der Waals surface area contributed by atoms with E-state index in [4.69, 9.17) is 14.4 Å². The van der Waals surface area contributed by atoms with Crippen LogP contribution in [-0.4, -0.2) is 40.3 Å². The molecule has 1 aromatic heterocycles. The normalized spacial score (nSPS) is 20.6. The maximum atomic E-state index is 12.7. The third-order valence-electron chi connectivity index (χ3n) is 4.60. The molecule has 3 rings (SSSR count). The third-order valence-corrected chi connectivity index (χ3v) is 5.75. The first-order chi connectivity index (χ1) is 13.5. The number of aliphatic imine (C=N–C) groups is 1. The smallest absolute Gasteiger partial charge is 0.339 e. The number of ether oxygens (including phenoxy) is 1. The van der Waals surface area contributed by atoms with Crippen molar-refractivity contribution < 1.29 is 19.2 Å². The number of carbonyl (C=O) groups excluding carboxylic acids is 1. The van der Waals surface area contributed by atoms with Gasteiger partial charge in [0, 0.05) is 11.8 Å². The number of thioether (sulfide) groups is 1. The molecule has 2 heterocycles. The Balaban J connectivity index is 1.71. The van der Waals surface area contributed by atoms with Gasteiger partial charge in [-0.25, -0.2) is 4.79 Å². The zero-order chi connectivity index (χ0) is 20.1. The Morgan fingerprint density at radius 1 is 1.50 bits per heavy atom. The molecule has 2 aliphatic rings. The van der Waals surface area contributed by atoms with E-state index in [1.54, 1.807) is 13.0 Å². The summed E-state index contributed by atoms with van der Waals surface area (Å²) in [7, 11) is 0. The van der Waals surface area contributed by atoms with E-state index >= 15 is 0 Å². The van der Waals surface area contributed by atoms with Gasteiger partial charge >= 0.3 is 5.63 Å². The number of nitrogens with one attached hydrogen (secondary N) is 1. The zero-order valence-corrected chi connectivity index (χ0v) is 16.8. The second-order valence-corrected chi connectivity index (χ2v) is 8.07. The van der Waals surface area contributed by atoms with Crippen molar-refractivity contribution in [1.29, 1.82) is 0 Å². The van der Waals surface area contributed by atoms with Crippen LogP contribution in [0.4, 0.5) is 0 Å². The predicted octanol–water partition coefficient (Wildman–Crippen LogP) is 2.75. The van der Waals surface area contributed by atoms with E-state index in [0.29, 0.717) is 47.0 Å². The van der Waals surface area contributed by atoms with Gasteiger partial charge in [-0.3, -0.25) is 9.79 Å². The molecular formula is C19H25N3O5S. The maximum Gasteiger partial charge on any atom is 0.339 e. The molecule has 0 radical (unpaired) electrons. The first kappa shape index (κ1) is 20.4. The van der Waals surface area contributed by atoms with Crippen LogP contribution in [0.5, 0.6) is 5.75 Å². The highest BCUT2D eigenvalue weighted by Crippen LogP contribution is 2.30. The van der Waals surface area contributed by atoms with Crippen LogP contribution >= 0.6 is 11.8 Å². The van der Waals surface area contributed by atoms with E-state index in [-0.39, 0.29) is 5.91 Å². The van der Waals surface area contributed by atoms with E-state index in [2.05, 4.69) is 15.5 Å². The number of oxime groups is 1. The highest BCUT2D eigenvalue weighted by atomic mass is 32.2. The fraction of sp³-hybridized carbons (Fsp3) is 0.579. The molecule has 2 atom stereocenters. The van der Waals surface area contributed by atoms with Crippen LogP contribution in [-0.2, 0) is 4.79 Å². The van der Waals surface area contributed by atoms with Crippen LogP contribution in [0.25, 0.3) is 0 Å². The van der Waals surface area contributed by atoms with Crippen molar-refractivity contribution in [3.63, 3.8) is 0 Å². The van der Waals surface area contributed by atoms with Gasteiger partial charge in [0.25, 0.3) is 0 Å². The van der Waals surface area contributed by atoms with Gasteiger partial charge < -0.3 is 19.7 Å². The Kier molecular flexibility index (Phi) is 6.77. The molecule has 152 valence electrons. The Morgan fingerprint density at radius 2 is 2.29 bits per heavy atom. The van der Waals surface area contributed by atoms with Gasteiger partial charge in [0.1, 0.15) is 28.3 Å². The fourth-order valence-corrected chi connectivity index (χ4v) is 3.81. The number of rotatable bonds is 9. The molecule has 1 aliphatic heterocycles.